The van der Waals surface area contributed by atoms with Crippen molar-refractivity contribution >= 4 is 16.0 Å². The molecule has 21 heavy (non-hydrogen) atoms. The van der Waals surface area contributed by atoms with Crippen LogP contribution in [0.25, 0.3) is 0 Å². The number of rotatable bonds is 6. The quantitative estimate of drug-likeness (QED) is 0.870. The van der Waals surface area contributed by atoms with E-state index in [1.807, 2.05) is 0 Å². The Morgan fingerprint density at radius 3 is 2.29 bits per heavy atom. The molecule has 0 unspecified atom stereocenters. The van der Waals surface area contributed by atoms with E-state index < -0.39 is 28.4 Å². The number of benzene rings is 1. The van der Waals surface area contributed by atoms with Crippen molar-refractivity contribution in [3.63, 3.8) is 0 Å². The number of aryl methyl sites for hydroxylation is 2. The summed E-state index contributed by atoms with van der Waals surface area (Å²) in [5, 5.41) is 8.94. The molecule has 0 spiro atoms. The van der Waals surface area contributed by atoms with E-state index >= 15 is 0 Å². The standard InChI is InChI=1S/C14H18FNO4S/c1-9-5-12(15)6-10(2)14(9)21(19,20)16(8-13(17)18)7-11-3-4-11/h5-6,11H,3-4,7-8H2,1-2H3,(H,17,18). The fourth-order valence-electron chi connectivity index (χ4n) is 2.42. The maximum Gasteiger partial charge on any atom is 0.318 e. The first-order valence-electron chi connectivity index (χ1n) is 6.70. The third kappa shape index (κ3) is 3.59. The monoisotopic (exact) mass is 315 g/mol. The Morgan fingerprint density at radius 1 is 1.33 bits per heavy atom. The zero-order valence-electron chi connectivity index (χ0n) is 12.0. The smallest absolute Gasteiger partial charge is 0.318 e. The van der Waals surface area contributed by atoms with Gasteiger partial charge in [-0.3, -0.25) is 4.79 Å². The summed E-state index contributed by atoms with van der Waals surface area (Å²) >= 11 is 0. The van der Waals surface area contributed by atoms with Crippen molar-refractivity contribution in [2.75, 3.05) is 13.1 Å². The molecule has 7 heteroatoms. The van der Waals surface area contributed by atoms with Gasteiger partial charge in [-0.1, -0.05) is 0 Å². The Morgan fingerprint density at radius 2 is 1.86 bits per heavy atom. The van der Waals surface area contributed by atoms with Gasteiger partial charge in [-0.15, -0.1) is 0 Å². The first kappa shape index (κ1) is 15.9. The molecule has 116 valence electrons. The van der Waals surface area contributed by atoms with Crippen LogP contribution in [0.5, 0.6) is 0 Å². The molecule has 0 amide bonds. The van der Waals surface area contributed by atoms with E-state index in [4.69, 9.17) is 5.11 Å². The van der Waals surface area contributed by atoms with Crippen molar-refractivity contribution in [2.24, 2.45) is 5.92 Å². The predicted molar refractivity (Wildman–Crippen MR) is 75.0 cm³/mol. The van der Waals surface area contributed by atoms with E-state index in [0.29, 0.717) is 11.1 Å². The number of carboxylic acid groups (broad SMARTS) is 1. The molecular weight excluding hydrogens is 297 g/mol. The van der Waals surface area contributed by atoms with Crippen LogP contribution in [0.15, 0.2) is 17.0 Å². The van der Waals surface area contributed by atoms with Gasteiger partial charge in [-0.05, 0) is 55.9 Å². The van der Waals surface area contributed by atoms with E-state index in [9.17, 15) is 17.6 Å². The maximum atomic E-state index is 13.3. The largest absolute Gasteiger partial charge is 0.480 e. The van der Waals surface area contributed by atoms with Crippen molar-refractivity contribution in [2.45, 2.75) is 31.6 Å². The summed E-state index contributed by atoms with van der Waals surface area (Å²) < 4.78 is 39.8. The minimum atomic E-state index is -3.94. The Balaban J connectivity index is 2.44. The molecule has 0 aromatic heterocycles. The molecule has 1 saturated carbocycles. The van der Waals surface area contributed by atoms with Gasteiger partial charge < -0.3 is 5.11 Å². The molecule has 1 aromatic carbocycles. The Kier molecular flexibility index (Phi) is 4.34. The highest BCUT2D eigenvalue weighted by Gasteiger charge is 2.34. The van der Waals surface area contributed by atoms with Crippen LogP contribution in [0.2, 0.25) is 0 Å². The molecule has 1 aromatic rings. The predicted octanol–water partition coefficient (Wildman–Crippen LogP) is 1.93. The molecule has 5 nitrogen and oxygen atoms in total. The van der Waals surface area contributed by atoms with Crippen LogP contribution < -0.4 is 0 Å². The average Bonchev–Trinajstić information content (AvgIpc) is 3.09. The summed E-state index contributed by atoms with van der Waals surface area (Å²) in [5.41, 5.74) is 0.581. The van der Waals surface area contributed by atoms with Crippen LogP contribution in [-0.2, 0) is 14.8 Å². The van der Waals surface area contributed by atoms with Crippen molar-refractivity contribution in [1.29, 1.82) is 0 Å². The van der Waals surface area contributed by atoms with Crippen molar-refractivity contribution in [3.05, 3.63) is 29.1 Å². The molecule has 0 bridgehead atoms. The zero-order valence-corrected chi connectivity index (χ0v) is 12.8. The molecule has 1 N–H and O–H groups in total. The van der Waals surface area contributed by atoms with Gasteiger partial charge in [0.1, 0.15) is 12.4 Å². The van der Waals surface area contributed by atoms with Gasteiger partial charge >= 0.3 is 5.97 Å². The first-order valence-corrected chi connectivity index (χ1v) is 8.14. The average molecular weight is 315 g/mol. The number of carbonyl (C=O) groups is 1. The summed E-state index contributed by atoms with van der Waals surface area (Å²) in [6.45, 7) is 2.65. The summed E-state index contributed by atoms with van der Waals surface area (Å²) in [6.07, 6.45) is 1.82. The van der Waals surface area contributed by atoms with Crippen LogP contribution in [0.4, 0.5) is 4.39 Å². The van der Waals surface area contributed by atoms with Gasteiger partial charge in [0.25, 0.3) is 0 Å². The van der Waals surface area contributed by atoms with Crippen LogP contribution in [0, 0.1) is 25.6 Å². The minimum absolute atomic E-state index is 0.00537. The van der Waals surface area contributed by atoms with Gasteiger partial charge in [-0.2, -0.15) is 4.31 Å². The van der Waals surface area contributed by atoms with E-state index in [-0.39, 0.29) is 17.4 Å². The van der Waals surface area contributed by atoms with Crippen LogP contribution in [0.3, 0.4) is 0 Å². The summed E-state index contributed by atoms with van der Waals surface area (Å²) in [5.74, 6) is -1.48. The number of hydrogen-bond acceptors (Lipinski definition) is 3. The molecule has 0 saturated heterocycles. The molecule has 1 fully saturated rings. The Bertz CT molecular complexity index is 645. The van der Waals surface area contributed by atoms with Crippen LogP contribution in [-0.4, -0.2) is 36.9 Å². The number of halogens is 1. The fourth-order valence-corrected chi connectivity index (χ4v) is 4.30. The van der Waals surface area contributed by atoms with E-state index in [0.717, 1.165) is 29.3 Å². The summed E-state index contributed by atoms with van der Waals surface area (Å²) in [4.78, 5) is 11.0. The molecule has 0 aliphatic heterocycles. The first-order chi connectivity index (χ1) is 9.71. The Labute approximate surface area is 123 Å². The van der Waals surface area contributed by atoms with Crippen molar-refractivity contribution in [1.82, 2.24) is 4.31 Å². The third-order valence-corrected chi connectivity index (χ3v) is 5.61. The summed E-state index contributed by atoms with van der Waals surface area (Å²) in [7, 11) is -3.94. The number of sulfonamides is 1. The summed E-state index contributed by atoms with van der Waals surface area (Å²) in [6, 6.07) is 2.30. The van der Waals surface area contributed by atoms with E-state index in [1.165, 1.54) is 13.8 Å². The lowest BCUT2D eigenvalue weighted by atomic mass is 10.1. The van der Waals surface area contributed by atoms with Crippen molar-refractivity contribution < 1.29 is 22.7 Å². The van der Waals surface area contributed by atoms with Gasteiger partial charge in [0.15, 0.2) is 0 Å². The second-order valence-corrected chi connectivity index (χ2v) is 7.38. The number of nitrogens with zero attached hydrogens (tertiary/aromatic N) is 1. The normalized spacial score (nSPS) is 15.4. The SMILES string of the molecule is Cc1cc(F)cc(C)c1S(=O)(=O)N(CC(=O)O)CC1CC1. The van der Waals surface area contributed by atoms with Gasteiger partial charge in [0, 0.05) is 6.54 Å². The Hall–Kier alpha value is -1.47. The molecule has 0 heterocycles. The highest BCUT2D eigenvalue weighted by Crippen LogP contribution is 2.33. The molecule has 0 radical (unpaired) electrons. The maximum absolute atomic E-state index is 13.3. The number of carboxylic acids is 1. The third-order valence-electron chi connectivity index (χ3n) is 3.49. The van der Waals surface area contributed by atoms with Crippen LogP contribution >= 0.6 is 0 Å². The molecule has 1 aliphatic rings. The number of hydrogen-bond donors (Lipinski definition) is 1. The van der Waals surface area contributed by atoms with E-state index in [1.54, 1.807) is 0 Å². The molecule has 0 atom stereocenters. The van der Waals surface area contributed by atoms with Gasteiger partial charge in [0.2, 0.25) is 10.0 Å². The fraction of sp³-hybridized carbons (Fsp3) is 0.500. The lowest BCUT2D eigenvalue weighted by Gasteiger charge is -2.22. The molecule has 2 rings (SSSR count). The molecular formula is C14H18FNO4S. The van der Waals surface area contributed by atoms with Crippen LogP contribution in [0.1, 0.15) is 24.0 Å². The second kappa shape index (κ2) is 5.73. The lowest BCUT2D eigenvalue weighted by Crippen LogP contribution is -2.37. The van der Waals surface area contributed by atoms with E-state index in [2.05, 4.69) is 0 Å². The second-order valence-electron chi connectivity index (χ2n) is 5.50. The number of aliphatic carboxylic acids is 1. The highest BCUT2D eigenvalue weighted by atomic mass is 32.2. The minimum Gasteiger partial charge on any atom is -0.480 e. The van der Waals surface area contributed by atoms with Gasteiger partial charge in [0.05, 0.1) is 4.90 Å². The zero-order chi connectivity index (χ0) is 15.8. The lowest BCUT2D eigenvalue weighted by molar-refractivity contribution is -0.137. The van der Waals surface area contributed by atoms with Gasteiger partial charge in [-0.25, -0.2) is 12.8 Å². The highest BCUT2D eigenvalue weighted by molar-refractivity contribution is 7.89. The molecule has 1 aliphatic carbocycles. The van der Waals surface area contributed by atoms with Crippen molar-refractivity contribution in [3.8, 4) is 0 Å². The topological polar surface area (TPSA) is 74.7 Å².